The van der Waals surface area contributed by atoms with Gasteiger partial charge in [0.15, 0.2) is 0 Å². The molecule has 2 rings (SSSR count). The van der Waals surface area contributed by atoms with Gasteiger partial charge < -0.3 is 5.73 Å². The quantitative estimate of drug-likeness (QED) is 0.852. The maximum Gasteiger partial charge on any atom is 0.0854 e. The van der Waals surface area contributed by atoms with Gasteiger partial charge in [-0.3, -0.25) is 4.68 Å². The minimum atomic E-state index is 0.603. The van der Waals surface area contributed by atoms with Crippen LogP contribution in [0.25, 0.3) is 0 Å². The number of hydrogen-bond acceptors (Lipinski definition) is 2. The molecule has 0 amide bonds. The van der Waals surface area contributed by atoms with Crippen molar-refractivity contribution in [3.8, 4) is 0 Å². The predicted octanol–water partition coefficient (Wildman–Crippen LogP) is 3.10. The van der Waals surface area contributed by atoms with Crippen LogP contribution in [0.15, 0.2) is 0 Å². The standard InChI is InChI=1S/C13H23N3/c1-3-11-13(14)12(4-2)16(15-11)10-8-6-5-7-9-10/h10H,3-9,14H2,1-2H3. The summed E-state index contributed by atoms with van der Waals surface area (Å²) in [6.45, 7) is 4.30. The fourth-order valence-electron chi connectivity index (χ4n) is 2.78. The first-order valence-corrected chi connectivity index (χ1v) is 6.63. The smallest absolute Gasteiger partial charge is 0.0854 e. The Labute approximate surface area is 98.0 Å². The van der Waals surface area contributed by atoms with Gasteiger partial charge in [-0.2, -0.15) is 5.10 Å². The van der Waals surface area contributed by atoms with Crippen LogP contribution in [0.2, 0.25) is 0 Å². The maximum absolute atomic E-state index is 6.15. The zero-order valence-electron chi connectivity index (χ0n) is 10.5. The molecular weight excluding hydrogens is 198 g/mol. The van der Waals surface area contributed by atoms with Gasteiger partial charge in [-0.1, -0.05) is 33.1 Å². The Morgan fingerprint density at radius 3 is 2.44 bits per heavy atom. The van der Waals surface area contributed by atoms with E-state index < -0.39 is 0 Å². The highest BCUT2D eigenvalue weighted by Crippen LogP contribution is 2.31. The molecule has 1 heterocycles. The topological polar surface area (TPSA) is 43.8 Å². The number of aryl methyl sites for hydroxylation is 1. The second-order valence-electron chi connectivity index (χ2n) is 4.75. The van der Waals surface area contributed by atoms with E-state index in [0.29, 0.717) is 6.04 Å². The van der Waals surface area contributed by atoms with E-state index in [1.54, 1.807) is 0 Å². The number of hydrogen-bond donors (Lipinski definition) is 1. The van der Waals surface area contributed by atoms with Gasteiger partial charge >= 0.3 is 0 Å². The van der Waals surface area contributed by atoms with Gasteiger partial charge in [0.05, 0.1) is 23.1 Å². The van der Waals surface area contributed by atoms with E-state index in [0.717, 1.165) is 24.2 Å². The van der Waals surface area contributed by atoms with E-state index >= 15 is 0 Å². The fourth-order valence-corrected chi connectivity index (χ4v) is 2.78. The van der Waals surface area contributed by atoms with E-state index in [1.807, 2.05) is 0 Å². The Morgan fingerprint density at radius 1 is 1.19 bits per heavy atom. The average Bonchev–Trinajstić information content (AvgIpc) is 2.66. The molecule has 1 saturated carbocycles. The van der Waals surface area contributed by atoms with Crippen molar-refractivity contribution in [3.05, 3.63) is 11.4 Å². The third-order valence-corrected chi connectivity index (χ3v) is 3.72. The van der Waals surface area contributed by atoms with Gasteiger partial charge in [-0.15, -0.1) is 0 Å². The SMILES string of the molecule is CCc1nn(C2CCCCC2)c(CC)c1N. The maximum atomic E-state index is 6.15. The zero-order chi connectivity index (χ0) is 11.5. The van der Waals surface area contributed by atoms with Gasteiger partial charge in [-0.05, 0) is 25.7 Å². The Kier molecular flexibility index (Phi) is 3.52. The minimum absolute atomic E-state index is 0.603. The van der Waals surface area contributed by atoms with Crippen molar-refractivity contribution in [2.75, 3.05) is 5.73 Å². The first-order valence-electron chi connectivity index (χ1n) is 6.63. The summed E-state index contributed by atoms with van der Waals surface area (Å²) in [5.41, 5.74) is 9.43. The summed E-state index contributed by atoms with van der Waals surface area (Å²) in [6.07, 6.45) is 8.56. The van der Waals surface area contributed by atoms with Crippen LogP contribution in [-0.4, -0.2) is 9.78 Å². The van der Waals surface area contributed by atoms with Crippen molar-refractivity contribution in [2.45, 2.75) is 64.8 Å². The third kappa shape index (κ3) is 1.95. The normalized spacial score (nSPS) is 17.9. The van der Waals surface area contributed by atoms with E-state index in [1.165, 1.54) is 37.8 Å². The van der Waals surface area contributed by atoms with Crippen LogP contribution < -0.4 is 5.73 Å². The molecular formula is C13H23N3. The average molecular weight is 221 g/mol. The molecule has 0 unspecified atom stereocenters. The highest BCUT2D eigenvalue weighted by molar-refractivity contribution is 5.48. The van der Waals surface area contributed by atoms with Crippen LogP contribution in [-0.2, 0) is 12.8 Å². The largest absolute Gasteiger partial charge is 0.396 e. The van der Waals surface area contributed by atoms with Crippen molar-refractivity contribution < 1.29 is 0 Å². The summed E-state index contributed by atoms with van der Waals surface area (Å²) in [5.74, 6) is 0. The first-order chi connectivity index (χ1) is 7.77. The molecule has 1 aromatic rings. The highest BCUT2D eigenvalue weighted by Gasteiger charge is 2.21. The van der Waals surface area contributed by atoms with Gasteiger partial charge in [0, 0.05) is 0 Å². The van der Waals surface area contributed by atoms with Gasteiger partial charge in [0.25, 0.3) is 0 Å². The summed E-state index contributed by atoms with van der Waals surface area (Å²) in [4.78, 5) is 0. The highest BCUT2D eigenvalue weighted by atomic mass is 15.3. The molecule has 0 aliphatic heterocycles. The molecule has 0 saturated heterocycles. The summed E-state index contributed by atoms with van der Waals surface area (Å²) in [7, 11) is 0. The molecule has 0 atom stereocenters. The molecule has 90 valence electrons. The van der Waals surface area contributed by atoms with Crippen molar-refractivity contribution >= 4 is 5.69 Å². The Bertz CT molecular complexity index is 348. The molecule has 16 heavy (non-hydrogen) atoms. The third-order valence-electron chi connectivity index (χ3n) is 3.72. The second kappa shape index (κ2) is 4.89. The first kappa shape index (κ1) is 11.5. The van der Waals surface area contributed by atoms with E-state index in [2.05, 4.69) is 18.5 Å². The van der Waals surface area contributed by atoms with Gasteiger partial charge in [0.1, 0.15) is 0 Å². The van der Waals surface area contributed by atoms with E-state index in [-0.39, 0.29) is 0 Å². The molecule has 1 aliphatic carbocycles. The van der Waals surface area contributed by atoms with Gasteiger partial charge in [0.2, 0.25) is 0 Å². The van der Waals surface area contributed by atoms with Crippen molar-refractivity contribution in [3.63, 3.8) is 0 Å². The molecule has 2 N–H and O–H groups in total. The molecule has 0 radical (unpaired) electrons. The lowest BCUT2D eigenvalue weighted by molar-refractivity contribution is 0.321. The van der Waals surface area contributed by atoms with E-state index in [4.69, 9.17) is 10.8 Å². The lowest BCUT2D eigenvalue weighted by Gasteiger charge is -2.23. The minimum Gasteiger partial charge on any atom is -0.396 e. The molecule has 0 bridgehead atoms. The van der Waals surface area contributed by atoms with Crippen LogP contribution in [0.4, 0.5) is 5.69 Å². The van der Waals surface area contributed by atoms with Crippen LogP contribution in [0.5, 0.6) is 0 Å². The molecule has 3 heteroatoms. The molecule has 0 aromatic carbocycles. The monoisotopic (exact) mass is 221 g/mol. The summed E-state index contributed by atoms with van der Waals surface area (Å²) in [6, 6.07) is 0.603. The van der Waals surface area contributed by atoms with Gasteiger partial charge in [-0.25, -0.2) is 0 Å². The Hall–Kier alpha value is -0.990. The Morgan fingerprint density at radius 2 is 1.88 bits per heavy atom. The Balaban J connectivity index is 2.31. The lowest BCUT2D eigenvalue weighted by atomic mass is 9.95. The van der Waals surface area contributed by atoms with Crippen molar-refractivity contribution in [1.29, 1.82) is 0 Å². The molecule has 0 spiro atoms. The lowest BCUT2D eigenvalue weighted by Crippen LogP contribution is -2.16. The van der Waals surface area contributed by atoms with Crippen LogP contribution in [0.3, 0.4) is 0 Å². The zero-order valence-corrected chi connectivity index (χ0v) is 10.5. The van der Waals surface area contributed by atoms with E-state index in [9.17, 15) is 0 Å². The summed E-state index contributed by atoms with van der Waals surface area (Å²) in [5, 5.41) is 4.71. The number of nitrogen functional groups attached to an aromatic ring is 1. The number of nitrogens with zero attached hydrogens (tertiary/aromatic N) is 2. The number of nitrogens with two attached hydrogens (primary N) is 1. The van der Waals surface area contributed by atoms with Crippen molar-refractivity contribution in [1.82, 2.24) is 9.78 Å². The molecule has 3 nitrogen and oxygen atoms in total. The summed E-state index contributed by atoms with van der Waals surface area (Å²) >= 11 is 0. The fraction of sp³-hybridized carbons (Fsp3) is 0.769. The van der Waals surface area contributed by atoms with Crippen LogP contribution in [0.1, 0.15) is 63.4 Å². The summed E-state index contributed by atoms with van der Waals surface area (Å²) < 4.78 is 2.23. The molecule has 1 aliphatic rings. The second-order valence-corrected chi connectivity index (χ2v) is 4.75. The number of rotatable bonds is 3. The number of anilines is 1. The number of aromatic nitrogens is 2. The predicted molar refractivity (Wildman–Crippen MR) is 67.5 cm³/mol. The van der Waals surface area contributed by atoms with Crippen molar-refractivity contribution in [2.24, 2.45) is 0 Å². The molecule has 1 aromatic heterocycles. The van der Waals surface area contributed by atoms with Crippen LogP contribution >= 0.6 is 0 Å². The molecule has 1 fully saturated rings. The van der Waals surface area contributed by atoms with Crippen LogP contribution in [0, 0.1) is 0 Å².